The molecule has 0 radical (unpaired) electrons. The summed E-state index contributed by atoms with van der Waals surface area (Å²) in [4.78, 5) is 0. The van der Waals surface area contributed by atoms with Crippen LogP contribution in [0.5, 0.6) is 0 Å². The first-order valence-corrected chi connectivity index (χ1v) is 6.83. The van der Waals surface area contributed by atoms with Crippen LogP contribution in [0, 0.1) is 11.3 Å². The normalized spacial score (nSPS) is 28.0. The summed E-state index contributed by atoms with van der Waals surface area (Å²) in [5.74, 6) is -0.490. The number of hydrogen-bond donors (Lipinski definition) is 2. The van der Waals surface area contributed by atoms with Gasteiger partial charge in [0.25, 0.3) is 0 Å². The standard InChI is InChI=1S/C9H17N3O2S/c10-6-7-15(13,14)12-9-5-3-1-2-4-8(9)11/h8-9,12H,1-5,7,11H2. The molecule has 1 saturated carbocycles. The molecule has 0 aromatic rings. The summed E-state index contributed by atoms with van der Waals surface area (Å²) in [5.41, 5.74) is 5.87. The zero-order valence-electron chi connectivity index (χ0n) is 8.65. The van der Waals surface area contributed by atoms with Crippen LogP contribution in [0.25, 0.3) is 0 Å². The van der Waals surface area contributed by atoms with Crippen molar-refractivity contribution in [3.63, 3.8) is 0 Å². The molecule has 1 rings (SSSR count). The minimum absolute atomic E-state index is 0.124. The van der Waals surface area contributed by atoms with Crippen molar-refractivity contribution in [2.24, 2.45) is 5.73 Å². The predicted molar refractivity (Wildman–Crippen MR) is 57.4 cm³/mol. The van der Waals surface area contributed by atoms with E-state index < -0.39 is 15.8 Å². The molecule has 5 nitrogen and oxygen atoms in total. The quantitative estimate of drug-likeness (QED) is 0.673. The molecule has 2 atom stereocenters. The van der Waals surface area contributed by atoms with Gasteiger partial charge in [0.2, 0.25) is 10.0 Å². The first kappa shape index (κ1) is 12.4. The molecule has 0 bridgehead atoms. The molecule has 86 valence electrons. The molecule has 0 spiro atoms. The Balaban J connectivity index is 2.59. The summed E-state index contributed by atoms with van der Waals surface area (Å²) in [6, 6.07) is 1.31. The molecule has 0 heterocycles. The second kappa shape index (κ2) is 5.45. The number of nitrogens with two attached hydrogens (primary N) is 1. The summed E-state index contributed by atoms with van der Waals surface area (Å²) in [6.45, 7) is 0. The lowest BCUT2D eigenvalue weighted by Crippen LogP contribution is -2.47. The third-order valence-electron chi connectivity index (χ3n) is 2.65. The zero-order chi connectivity index (χ0) is 11.3. The van der Waals surface area contributed by atoms with Crippen LogP contribution in [0.15, 0.2) is 0 Å². The summed E-state index contributed by atoms with van der Waals surface area (Å²) in [6.07, 6.45) is 4.76. The van der Waals surface area contributed by atoms with Gasteiger partial charge < -0.3 is 5.73 Å². The molecule has 1 fully saturated rings. The van der Waals surface area contributed by atoms with Gasteiger partial charge in [-0.1, -0.05) is 19.3 Å². The van der Waals surface area contributed by atoms with Gasteiger partial charge in [-0.3, -0.25) is 0 Å². The second-order valence-corrected chi connectivity index (χ2v) is 5.70. The summed E-state index contributed by atoms with van der Waals surface area (Å²) < 4.78 is 25.2. The largest absolute Gasteiger partial charge is 0.326 e. The van der Waals surface area contributed by atoms with E-state index in [0.717, 1.165) is 32.1 Å². The van der Waals surface area contributed by atoms with Crippen LogP contribution in [0.1, 0.15) is 32.1 Å². The van der Waals surface area contributed by atoms with Gasteiger partial charge in [-0.05, 0) is 12.8 Å². The highest BCUT2D eigenvalue weighted by Gasteiger charge is 2.24. The van der Waals surface area contributed by atoms with Crippen LogP contribution in [0.4, 0.5) is 0 Å². The molecule has 1 aliphatic rings. The van der Waals surface area contributed by atoms with Crippen LogP contribution in [-0.2, 0) is 10.0 Å². The Bertz CT molecular complexity index is 334. The monoisotopic (exact) mass is 231 g/mol. The van der Waals surface area contributed by atoms with E-state index >= 15 is 0 Å². The van der Waals surface area contributed by atoms with Crippen molar-refractivity contribution in [3.05, 3.63) is 0 Å². The summed E-state index contributed by atoms with van der Waals surface area (Å²) in [7, 11) is -3.47. The molecule has 0 amide bonds. The van der Waals surface area contributed by atoms with Gasteiger partial charge in [-0.25, -0.2) is 13.1 Å². The van der Waals surface area contributed by atoms with Crippen molar-refractivity contribution in [1.82, 2.24) is 4.72 Å². The van der Waals surface area contributed by atoms with Gasteiger partial charge in [0.1, 0.15) is 0 Å². The Labute approximate surface area is 90.7 Å². The highest BCUT2D eigenvalue weighted by molar-refractivity contribution is 7.89. The Hall–Kier alpha value is -0.640. The van der Waals surface area contributed by atoms with E-state index in [0.29, 0.717) is 0 Å². The summed E-state index contributed by atoms with van der Waals surface area (Å²) >= 11 is 0. The van der Waals surface area contributed by atoms with E-state index in [9.17, 15) is 8.42 Å². The van der Waals surface area contributed by atoms with E-state index in [1.165, 1.54) is 0 Å². The number of nitrogens with zero attached hydrogens (tertiary/aromatic N) is 1. The lowest BCUT2D eigenvalue weighted by atomic mass is 10.1. The van der Waals surface area contributed by atoms with Crippen LogP contribution < -0.4 is 10.5 Å². The second-order valence-electron chi connectivity index (χ2n) is 3.94. The van der Waals surface area contributed by atoms with Crippen LogP contribution in [0.2, 0.25) is 0 Å². The SMILES string of the molecule is N#CCS(=O)(=O)NC1CCCCCC1N. The van der Waals surface area contributed by atoms with Crippen LogP contribution in [0.3, 0.4) is 0 Å². The van der Waals surface area contributed by atoms with E-state index in [1.807, 2.05) is 0 Å². The van der Waals surface area contributed by atoms with Gasteiger partial charge in [-0.15, -0.1) is 0 Å². The highest BCUT2D eigenvalue weighted by atomic mass is 32.2. The minimum Gasteiger partial charge on any atom is -0.326 e. The zero-order valence-corrected chi connectivity index (χ0v) is 9.46. The molecule has 3 N–H and O–H groups in total. The van der Waals surface area contributed by atoms with Gasteiger partial charge in [0.15, 0.2) is 5.75 Å². The van der Waals surface area contributed by atoms with E-state index in [-0.39, 0.29) is 12.1 Å². The van der Waals surface area contributed by atoms with Crippen LogP contribution >= 0.6 is 0 Å². The molecule has 0 aliphatic heterocycles. The lowest BCUT2D eigenvalue weighted by Gasteiger charge is -2.21. The molecule has 0 saturated heterocycles. The fourth-order valence-electron chi connectivity index (χ4n) is 1.84. The Kier molecular flexibility index (Phi) is 4.51. The average molecular weight is 231 g/mol. The van der Waals surface area contributed by atoms with Crippen molar-refractivity contribution >= 4 is 10.0 Å². The molecular formula is C9H17N3O2S. The van der Waals surface area contributed by atoms with Gasteiger partial charge in [0.05, 0.1) is 6.07 Å². The Morgan fingerprint density at radius 3 is 2.67 bits per heavy atom. The van der Waals surface area contributed by atoms with E-state index in [4.69, 9.17) is 11.0 Å². The maximum Gasteiger partial charge on any atom is 0.225 e. The third kappa shape index (κ3) is 4.16. The van der Waals surface area contributed by atoms with Crippen molar-refractivity contribution in [3.8, 4) is 6.07 Å². The van der Waals surface area contributed by atoms with E-state index in [2.05, 4.69) is 4.72 Å². The van der Waals surface area contributed by atoms with Gasteiger partial charge in [0, 0.05) is 12.1 Å². The maximum atomic E-state index is 11.4. The smallest absolute Gasteiger partial charge is 0.225 e. The van der Waals surface area contributed by atoms with Crippen molar-refractivity contribution in [2.45, 2.75) is 44.2 Å². The fraction of sp³-hybridized carbons (Fsp3) is 0.889. The molecule has 15 heavy (non-hydrogen) atoms. The molecule has 2 unspecified atom stereocenters. The molecule has 0 aromatic heterocycles. The van der Waals surface area contributed by atoms with Gasteiger partial charge >= 0.3 is 0 Å². The molecular weight excluding hydrogens is 214 g/mol. The number of sulfonamides is 1. The maximum absolute atomic E-state index is 11.4. The predicted octanol–water partition coefficient (Wildman–Crippen LogP) is 0.0894. The Morgan fingerprint density at radius 2 is 2.00 bits per heavy atom. The van der Waals surface area contributed by atoms with E-state index in [1.54, 1.807) is 6.07 Å². The summed E-state index contributed by atoms with van der Waals surface area (Å²) in [5, 5.41) is 8.35. The average Bonchev–Trinajstić information content (AvgIpc) is 2.31. The molecule has 1 aliphatic carbocycles. The van der Waals surface area contributed by atoms with Crippen LogP contribution in [-0.4, -0.2) is 26.3 Å². The Morgan fingerprint density at radius 1 is 1.33 bits per heavy atom. The fourth-order valence-corrected chi connectivity index (χ4v) is 2.85. The molecule has 0 aromatic carbocycles. The first-order valence-electron chi connectivity index (χ1n) is 5.18. The molecule has 6 heteroatoms. The van der Waals surface area contributed by atoms with Crippen molar-refractivity contribution < 1.29 is 8.42 Å². The lowest BCUT2D eigenvalue weighted by molar-refractivity contribution is 0.457. The number of nitriles is 1. The van der Waals surface area contributed by atoms with Crippen molar-refractivity contribution in [2.75, 3.05) is 5.75 Å². The third-order valence-corrected chi connectivity index (χ3v) is 3.83. The van der Waals surface area contributed by atoms with Crippen molar-refractivity contribution in [1.29, 1.82) is 5.26 Å². The minimum atomic E-state index is -3.47. The number of rotatable bonds is 3. The van der Waals surface area contributed by atoms with Gasteiger partial charge in [-0.2, -0.15) is 5.26 Å². The first-order chi connectivity index (χ1) is 7.05. The number of hydrogen-bond acceptors (Lipinski definition) is 4. The highest BCUT2D eigenvalue weighted by Crippen LogP contribution is 2.17. The topological polar surface area (TPSA) is 96.0 Å². The number of nitrogens with one attached hydrogen (secondary N) is 1.